The van der Waals surface area contributed by atoms with Crippen LogP contribution in [0.1, 0.15) is 56.2 Å². The second-order valence-electron chi connectivity index (χ2n) is 7.92. The van der Waals surface area contributed by atoms with Gasteiger partial charge in [-0.15, -0.1) is 0 Å². The van der Waals surface area contributed by atoms with Crippen molar-refractivity contribution >= 4 is 13.9 Å². The van der Waals surface area contributed by atoms with Crippen molar-refractivity contribution in [3.05, 3.63) is 58.9 Å². The summed E-state index contributed by atoms with van der Waals surface area (Å²) < 4.78 is 14.0. The minimum Gasteiger partial charge on any atom is -0.507 e. The molecule has 1 aliphatic heterocycles. The standard InChI is InChI=1S/C23H31FNOP/c1-4-23(3,20-10-8-9-17(2)22(20)26)27-21-12-11-19(24)15-18(21)16-25-13-6-5-7-14-25/h8-12,15,26-27H,4-7,13-14,16H2,1-3H3. The third-order valence-electron chi connectivity index (χ3n) is 5.86. The number of phenols is 1. The molecule has 1 N–H and O–H groups in total. The number of nitrogens with zero attached hydrogens (tertiary/aromatic N) is 1. The van der Waals surface area contributed by atoms with Gasteiger partial charge in [0.05, 0.1) is 0 Å². The molecule has 3 rings (SSSR count). The van der Waals surface area contributed by atoms with Crippen LogP contribution in [0.15, 0.2) is 36.4 Å². The van der Waals surface area contributed by atoms with Crippen LogP contribution in [0.5, 0.6) is 5.75 Å². The highest BCUT2D eigenvalue weighted by Gasteiger charge is 2.29. The summed E-state index contributed by atoms with van der Waals surface area (Å²) in [5.41, 5.74) is 3.00. The number of benzene rings is 2. The van der Waals surface area contributed by atoms with Crippen molar-refractivity contribution < 1.29 is 9.50 Å². The molecule has 4 heteroatoms. The van der Waals surface area contributed by atoms with Crippen LogP contribution in [0.25, 0.3) is 0 Å². The molecule has 0 aromatic heterocycles. The molecule has 146 valence electrons. The van der Waals surface area contributed by atoms with Crippen LogP contribution in [0.3, 0.4) is 0 Å². The first-order chi connectivity index (χ1) is 12.9. The average molecular weight is 387 g/mol. The van der Waals surface area contributed by atoms with E-state index in [2.05, 4.69) is 18.7 Å². The van der Waals surface area contributed by atoms with E-state index in [-0.39, 0.29) is 11.0 Å². The summed E-state index contributed by atoms with van der Waals surface area (Å²) in [6.07, 6.45) is 4.69. The molecule has 2 nitrogen and oxygen atoms in total. The van der Waals surface area contributed by atoms with E-state index in [9.17, 15) is 9.50 Å². The predicted molar refractivity (Wildman–Crippen MR) is 114 cm³/mol. The van der Waals surface area contributed by atoms with Crippen LogP contribution in [0, 0.1) is 12.7 Å². The van der Waals surface area contributed by atoms with E-state index in [4.69, 9.17) is 0 Å². The lowest BCUT2D eigenvalue weighted by molar-refractivity contribution is 0.221. The number of hydrogen-bond acceptors (Lipinski definition) is 2. The second kappa shape index (κ2) is 8.71. The molecule has 2 unspecified atom stereocenters. The summed E-state index contributed by atoms with van der Waals surface area (Å²) in [6.45, 7) is 9.35. The third kappa shape index (κ3) is 4.70. The molecule has 0 spiro atoms. The number of aryl methyl sites for hydroxylation is 1. The van der Waals surface area contributed by atoms with E-state index >= 15 is 0 Å². The number of rotatable bonds is 6. The quantitative estimate of drug-likeness (QED) is 0.666. The molecule has 1 aliphatic rings. The van der Waals surface area contributed by atoms with Crippen LogP contribution in [-0.4, -0.2) is 23.1 Å². The molecule has 2 aromatic rings. The molecule has 1 saturated heterocycles. The van der Waals surface area contributed by atoms with Crippen LogP contribution >= 0.6 is 8.58 Å². The zero-order valence-corrected chi connectivity index (χ0v) is 17.7. The number of piperidine rings is 1. The fraction of sp³-hybridized carbons (Fsp3) is 0.478. The molecule has 1 heterocycles. The van der Waals surface area contributed by atoms with Gasteiger partial charge in [0.1, 0.15) is 11.6 Å². The van der Waals surface area contributed by atoms with Gasteiger partial charge in [-0.3, -0.25) is 4.90 Å². The predicted octanol–water partition coefficient (Wildman–Crippen LogP) is 5.45. The van der Waals surface area contributed by atoms with Crippen molar-refractivity contribution in [3.8, 4) is 5.75 Å². The van der Waals surface area contributed by atoms with E-state index in [1.54, 1.807) is 12.1 Å². The Hall–Kier alpha value is -1.44. The summed E-state index contributed by atoms with van der Waals surface area (Å²) in [5, 5.41) is 11.7. The topological polar surface area (TPSA) is 23.5 Å². The molecule has 2 aromatic carbocycles. The Balaban J connectivity index is 1.91. The SMILES string of the molecule is CCC(C)(Pc1ccc(F)cc1CN1CCCCC1)c1cccc(C)c1O. The molecule has 0 amide bonds. The summed E-state index contributed by atoms with van der Waals surface area (Å²) in [5.74, 6) is 0.237. The molecule has 0 aliphatic carbocycles. The summed E-state index contributed by atoms with van der Waals surface area (Å²) in [7, 11) is 0.482. The number of phenolic OH excluding ortho intramolecular Hbond substituents is 1. The zero-order valence-electron chi connectivity index (χ0n) is 16.7. The summed E-state index contributed by atoms with van der Waals surface area (Å²) in [6, 6.07) is 11.2. The monoisotopic (exact) mass is 387 g/mol. The Morgan fingerprint density at radius 3 is 2.59 bits per heavy atom. The Bertz CT molecular complexity index is 788. The molecular formula is C23H31FNOP. The van der Waals surface area contributed by atoms with E-state index in [0.29, 0.717) is 14.3 Å². The average Bonchev–Trinajstić information content (AvgIpc) is 2.67. The van der Waals surface area contributed by atoms with Gasteiger partial charge < -0.3 is 5.11 Å². The van der Waals surface area contributed by atoms with Gasteiger partial charge in [0, 0.05) is 17.3 Å². The maximum Gasteiger partial charge on any atom is 0.123 e. The molecular weight excluding hydrogens is 356 g/mol. The van der Waals surface area contributed by atoms with Crippen LogP contribution < -0.4 is 5.30 Å². The number of likely N-dealkylation sites (tertiary alicyclic amines) is 1. The van der Waals surface area contributed by atoms with E-state index < -0.39 is 0 Å². The van der Waals surface area contributed by atoms with Gasteiger partial charge in [-0.1, -0.05) is 53.1 Å². The van der Waals surface area contributed by atoms with Gasteiger partial charge in [0.2, 0.25) is 0 Å². The lowest BCUT2D eigenvalue weighted by Gasteiger charge is -2.32. The Morgan fingerprint density at radius 1 is 1.15 bits per heavy atom. The smallest absolute Gasteiger partial charge is 0.123 e. The van der Waals surface area contributed by atoms with Crippen LogP contribution in [-0.2, 0) is 11.7 Å². The van der Waals surface area contributed by atoms with Crippen molar-refractivity contribution in [1.29, 1.82) is 0 Å². The molecule has 2 atom stereocenters. The van der Waals surface area contributed by atoms with Gasteiger partial charge in [0.25, 0.3) is 0 Å². The van der Waals surface area contributed by atoms with Gasteiger partial charge in [-0.05, 0) is 67.8 Å². The number of halogens is 1. The fourth-order valence-corrected chi connectivity index (χ4v) is 5.51. The maximum absolute atomic E-state index is 14.0. The summed E-state index contributed by atoms with van der Waals surface area (Å²) in [4.78, 5) is 2.44. The fourth-order valence-electron chi connectivity index (χ4n) is 3.92. The van der Waals surface area contributed by atoms with Gasteiger partial charge in [-0.25, -0.2) is 4.39 Å². The van der Waals surface area contributed by atoms with Gasteiger partial charge >= 0.3 is 0 Å². The Kier molecular flexibility index (Phi) is 6.55. The van der Waals surface area contributed by atoms with Crippen molar-refractivity contribution in [2.75, 3.05) is 13.1 Å². The van der Waals surface area contributed by atoms with Crippen LogP contribution in [0.4, 0.5) is 4.39 Å². The van der Waals surface area contributed by atoms with E-state index in [1.807, 2.05) is 31.2 Å². The lowest BCUT2D eigenvalue weighted by Crippen LogP contribution is -2.31. The highest BCUT2D eigenvalue weighted by atomic mass is 31.1. The molecule has 27 heavy (non-hydrogen) atoms. The number of para-hydroxylation sites is 1. The second-order valence-corrected chi connectivity index (χ2v) is 9.81. The van der Waals surface area contributed by atoms with Crippen molar-refractivity contribution in [1.82, 2.24) is 4.90 Å². The first-order valence-electron chi connectivity index (χ1n) is 10.0. The zero-order chi connectivity index (χ0) is 19.4. The molecule has 0 bridgehead atoms. The molecule has 1 fully saturated rings. The molecule has 0 saturated carbocycles. The van der Waals surface area contributed by atoms with E-state index in [1.165, 1.54) is 24.6 Å². The Labute approximate surface area is 164 Å². The molecule has 0 radical (unpaired) electrons. The number of hydrogen-bond donors (Lipinski definition) is 1. The van der Waals surface area contributed by atoms with Crippen molar-refractivity contribution in [2.24, 2.45) is 0 Å². The highest BCUT2D eigenvalue weighted by Crippen LogP contribution is 2.48. The lowest BCUT2D eigenvalue weighted by atomic mass is 9.94. The van der Waals surface area contributed by atoms with Gasteiger partial charge in [-0.2, -0.15) is 0 Å². The minimum absolute atomic E-state index is 0.160. The number of aromatic hydroxyl groups is 1. The normalized spacial score (nSPS) is 18.1. The first-order valence-corrected chi connectivity index (χ1v) is 11.0. The highest BCUT2D eigenvalue weighted by molar-refractivity contribution is 7.48. The van der Waals surface area contributed by atoms with E-state index in [0.717, 1.165) is 42.7 Å². The van der Waals surface area contributed by atoms with Gasteiger partial charge in [0.15, 0.2) is 0 Å². The Morgan fingerprint density at radius 2 is 1.89 bits per heavy atom. The first kappa shape index (κ1) is 20.3. The third-order valence-corrected chi connectivity index (χ3v) is 7.79. The minimum atomic E-state index is -0.162. The van der Waals surface area contributed by atoms with Crippen LogP contribution in [0.2, 0.25) is 0 Å². The van der Waals surface area contributed by atoms with Crippen molar-refractivity contribution in [3.63, 3.8) is 0 Å². The van der Waals surface area contributed by atoms with Crippen molar-refractivity contribution in [2.45, 2.75) is 58.2 Å². The largest absolute Gasteiger partial charge is 0.507 e. The maximum atomic E-state index is 14.0. The summed E-state index contributed by atoms with van der Waals surface area (Å²) >= 11 is 0.